The Bertz CT molecular complexity index is 410. The second kappa shape index (κ2) is 7.62. The third-order valence-electron chi connectivity index (χ3n) is 2.45. The zero-order valence-electron chi connectivity index (χ0n) is 10.8. The Morgan fingerprint density at radius 2 is 2.26 bits per heavy atom. The zero-order valence-corrected chi connectivity index (χ0v) is 11.7. The van der Waals surface area contributed by atoms with E-state index >= 15 is 0 Å². The first-order chi connectivity index (χ1) is 9.04. The molecule has 0 radical (unpaired) electrons. The average Bonchev–Trinajstić information content (AvgIpc) is 2.87. The van der Waals surface area contributed by atoms with Crippen molar-refractivity contribution in [1.82, 2.24) is 25.8 Å². The van der Waals surface area contributed by atoms with Gasteiger partial charge in [0.1, 0.15) is 18.2 Å². The van der Waals surface area contributed by atoms with Crippen LogP contribution in [0.15, 0.2) is 6.33 Å². The summed E-state index contributed by atoms with van der Waals surface area (Å²) in [5.41, 5.74) is 5.06. The molecule has 0 saturated carbocycles. The topological polar surface area (TPSA) is 126 Å². The highest BCUT2D eigenvalue weighted by Crippen LogP contribution is 2.06. The molecule has 3 amide bonds. The maximum Gasteiger partial charge on any atom is 0.312 e. The third kappa shape index (κ3) is 5.16. The number of H-pyrrole nitrogens is 1. The van der Waals surface area contributed by atoms with Crippen molar-refractivity contribution in [2.75, 3.05) is 12.0 Å². The molecule has 1 aromatic rings. The lowest BCUT2D eigenvalue weighted by Crippen LogP contribution is -2.49. The van der Waals surface area contributed by atoms with E-state index in [4.69, 9.17) is 5.73 Å². The van der Waals surface area contributed by atoms with Gasteiger partial charge in [0.05, 0.1) is 6.04 Å². The van der Waals surface area contributed by atoms with Crippen LogP contribution < -0.4 is 16.4 Å². The fourth-order valence-electron chi connectivity index (χ4n) is 1.48. The molecule has 0 fully saturated rings. The van der Waals surface area contributed by atoms with Crippen molar-refractivity contribution >= 4 is 23.7 Å². The van der Waals surface area contributed by atoms with Crippen LogP contribution in [0.5, 0.6) is 0 Å². The molecular weight excluding hydrogens is 268 g/mol. The number of aromatic nitrogens is 3. The Morgan fingerprint density at radius 3 is 2.79 bits per heavy atom. The van der Waals surface area contributed by atoms with Gasteiger partial charge in [0.2, 0.25) is 5.91 Å². The Labute approximate surface area is 115 Å². The van der Waals surface area contributed by atoms with Crippen molar-refractivity contribution in [2.24, 2.45) is 5.73 Å². The summed E-state index contributed by atoms with van der Waals surface area (Å²) >= 11 is 1.59. The highest BCUT2D eigenvalue weighted by Gasteiger charge is 2.22. The molecule has 9 heteroatoms. The smallest absolute Gasteiger partial charge is 0.312 e. The van der Waals surface area contributed by atoms with Gasteiger partial charge in [0, 0.05) is 0 Å². The van der Waals surface area contributed by atoms with Crippen LogP contribution in [-0.2, 0) is 4.79 Å². The fourth-order valence-corrected chi connectivity index (χ4v) is 1.95. The van der Waals surface area contributed by atoms with Gasteiger partial charge >= 0.3 is 6.03 Å². The number of hydrogen-bond donors (Lipinski definition) is 4. The maximum atomic E-state index is 12.0. The lowest BCUT2D eigenvalue weighted by molar-refractivity contribution is -0.123. The van der Waals surface area contributed by atoms with Gasteiger partial charge in [-0.15, -0.1) is 0 Å². The minimum atomic E-state index is -0.714. The van der Waals surface area contributed by atoms with Crippen molar-refractivity contribution in [3.05, 3.63) is 12.2 Å². The van der Waals surface area contributed by atoms with E-state index in [1.807, 2.05) is 6.26 Å². The number of nitrogens with zero attached hydrogens (tertiary/aromatic N) is 2. The van der Waals surface area contributed by atoms with Crippen LogP contribution in [0.1, 0.15) is 25.2 Å². The van der Waals surface area contributed by atoms with E-state index in [-0.39, 0.29) is 11.9 Å². The van der Waals surface area contributed by atoms with Gasteiger partial charge in [-0.2, -0.15) is 16.9 Å². The quantitative estimate of drug-likeness (QED) is 0.551. The summed E-state index contributed by atoms with van der Waals surface area (Å²) in [5, 5.41) is 11.6. The molecule has 106 valence electrons. The third-order valence-corrected chi connectivity index (χ3v) is 3.09. The molecule has 1 rings (SSSR count). The first-order valence-electron chi connectivity index (χ1n) is 5.75. The van der Waals surface area contributed by atoms with Crippen LogP contribution in [-0.4, -0.2) is 45.2 Å². The standard InChI is InChI=1S/C10H18N6O2S/c1-6(8-12-5-13-16-8)14-9(17)7(3-4-19-2)15-10(11)18/h5-7H,3-4H2,1-2H3,(H,14,17)(H3,11,15,18)(H,12,13,16). The molecule has 0 bridgehead atoms. The van der Waals surface area contributed by atoms with Crippen molar-refractivity contribution in [1.29, 1.82) is 0 Å². The van der Waals surface area contributed by atoms with Crippen molar-refractivity contribution < 1.29 is 9.59 Å². The number of aromatic amines is 1. The lowest BCUT2D eigenvalue weighted by Gasteiger charge is -2.19. The molecule has 0 saturated heterocycles. The summed E-state index contributed by atoms with van der Waals surface area (Å²) in [6.45, 7) is 1.77. The van der Waals surface area contributed by atoms with Crippen LogP contribution in [0.4, 0.5) is 4.79 Å². The van der Waals surface area contributed by atoms with E-state index in [2.05, 4.69) is 25.8 Å². The molecule has 1 heterocycles. The molecule has 0 aliphatic heterocycles. The van der Waals surface area contributed by atoms with Gasteiger partial charge in [0.15, 0.2) is 0 Å². The zero-order chi connectivity index (χ0) is 14.3. The van der Waals surface area contributed by atoms with Gasteiger partial charge in [-0.3, -0.25) is 9.89 Å². The van der Waals surface area contributed by atoms with Crippen LogP contribution in [0.2, 0.25) is 0 Å². The Balaban J connectivity index is 2.57. The average molecular weight is 286 g/mol. The molecule has 0 aliphatic carbocycles. The van der Waals surface area contributed by atoms with E-state index in [1.165, 1.54) is 6.33 Å². The van der Waals surface area contributed by atoms with Crippen molar-refractivity contribution in [3.8, 4) is 0 Å². The Morgan fingerprint density at radius 1 is 1.53 bits per heavy atom. The summed E-state index contributed by atoms with van der Waals surface area (Å²) in [6, 6.07) is -1.68. The monoisotopic (exact) mass is 286 g/mol. The van der Waals surface area contributed by atoms with Gasteiger partial charge < -0.3 is 16.4 Å². The number of carbonyl (C=O) groups is 2. The number of hydrogen-bond acceptors (Lipinski definition) is 5. The summed E-state index contributed by atoms with van der Waals surface area (Å²) < 4.78 is 0. The number of rotatable bonds is 7. The SMILES string of the molecule is CSCCC(NC(N)=O)C(=O)NC(C)c1ncn[nH]1. The normalized spacial score (nSPS) is 13.6. The lowest BCUT2D eigenvalue weighted by atomic mass is 10.2. The van der Waals surface area contributed by atoms with Crippen LogP contribution in [0.3, 0.4) is 0 Å². The number of nitrogens with two attached hydrogens (primary N) is 1. The number of nitrogens with one attached hydrogen (secondary N) is 3. The second-order valence-corrected chi connectivity index (χ2v) is 4.93. The van der Waals surface area contributed by atoms with E-state index in [0.717, 1.165) is 5.75 Å². The maximum absolute atomic E-state index is 12.0. The van der Waals surface area contributed by atoms with E-state index in [1.54, 1.807) is 18.7 Å². The van der Waals surface area contributed by atoms with Gasteiger partial charge in [0.25, 0.3) is 0 Å². The predicted octanol–water partition coefficient (Wildman–Crippen LogP) is -0.228. The first-order valence-corrected chi connectivity index (χ1v) is 7.14. The molecule has 19 heavy (non-hydrogen) atoms. The molecule has 0 spiro atoms. The van der Waals surface area contributed by atoms with Crippen molar-refractivity contribution in [3.63, 3.8) is 0 Å². The van der Waals surface area contributed by atoms with Crippen LogP contribution in [0, 0.1) is 0 Å². The van der Waals surface area contributed by atoms with Crippen LogP contribution in [0.25, 0.3) is 0 Å². The summed E-state index contributed by atoms with van der Waals surface area (Å²) in [4.78, 5) is 26.9. The molecule has 8 nitrogen and oxygen atoms in total. The minimum Gasteiger partial charge on any atom is -0.352 e. The van der Waals surface area contributed by atoms with Crippen LogP contribution >= 0.6 is 11.8 Å². The Kier molecular flexibility index (Phi) is 6.13. The second-order valence-electron chi connectivity index (χ2n) is 3.94. The predicted molar refractivity (Wildman–Crippen MR) is 72.4 cm³/mol. The highest BCUT2D eigenvalue weighted by molar-refractivity contribution is 7.98. The number of urea groups is 1. The molecule has 5 N–H and O–H groups in total. The molecular formula is C10H18N6O2S. The number of amides is 3. The van der Waals surface area contributed by atoms with Gasteiger partial charge in [-0.05, 0) is 25.4 Å². The summed E-state index contributed by atoms with van der Waals surface area (Å²) in [7, 11) is 0. The summed E-state index contributed by atoms with van der Waals surface area (Å²) in [6.07, 6.45) is 3.81. The fraction of sp³-hybridized carbons (Fsp3) is 0.600. The Hall–Kier alpha value is -1.77. The number of primary amides is 1. The number of thioether (sulfide) groups is 1. The molecule has 2 atom stereocenters. The molecule has 1 aromatic heterocycles. The van der Waals surface area contributed by atoms with E-state index in [9.17, 15) is 9.59 Å². The van der Waals surface area contributed by atoms with E-state index < -0.39 is 12.1 Å². The van der Waals surface area contributed by atoms with Gasteiger partial charge in [-0.1, -0.05) is 0 Å². The van der Waals surface area contributed by atoms with E-state index in [0.29, 0.717) is 12.2 Å². The highest BCUT2D eigenvalue weighted by atomic mass is 32.2. The number of carbonyl (C=O) groups excluding carboxylic acids is 2. The van der Waals surface area contributed by atoms with Gasteiger partial charge in [-0.25, -0.2) is 9.78 Å². The molecule has 2 unspecified atom stereocenters. The minimum absolute atomic E-state index is 0.295. The largest absolute Gasteiger partial charge is 0.352 e. The first kappa shape index (κ1) is 15.3. The molecule has 0 aliphatic rings. The van der Waals surface area contributed by atoms with Crippen molar-refractivity contribution in [2.45, 2.75) is 25.4 Å². The molecule has 0 aromatic carbocycles. The summed E-state index contributed by atoms with van der Waals surface area (Å²) in [5.74, 6) is 1.00.